The molecule has 15 heavy (non-hydrogen) atoms. The summed E-state index contributed by atoms with van der Waals surface area (Å²) in [5.74, 6) is -1.02. The molecule has 0 aliphatic carbocycles. The first-order valence-electron chi connectivity index (χ1n) is 4.96. The third-order valence-corrected chi connectivity index (χ3v) is 2.73. The number of rotatable bonds is 2. The summed E-state index contributed by atoms with van der Waals surface area (Å²) in [4.78, 5) is 23.6. The fourth-order valence-corrected chi connectivity index (χ4v) is 1.97. The van der Waals surface area contributed by atoms with Gasteiger partial charge in [-0.25, -0.2) is 9.59 Å². The molecule has 0 saturated carbocycles. The molecule has 6 heteroatoms. The maximum atomic E-state index is 11.4. The van der Waals surface area contributed by atoms with Crippen LogP contribution in [0.5, 0.6) is 0 Å². The first kappa shape index (κ1) is 10.2. The van der Waals surface area contributed by atoms with Crippen molar-refractivity contribution in [1.82, 2.24) is 4.90 Å². The fraction of sp³-hybridized carbons (Fsp3) is 0.778. The molecule has 0 bridgehead atoms. The summed E-state index contributed by atoms with van der Waals surface area (Å²) in [5.41, 5.74) is 0. The maximum Gasteiger partial charge on any atom is 0.411 e. The van der Waals surface area contributed by atoms with Crippen LogP contribution in [0.3, 0.4) is 0 Å². The number of ether oxygens (including phenoxy) is 2. The molecule has 2 saturated heterocycles. The van der Waals surface area contributed by atoms with E-state index in [1.54, 1.807) is 0 Å². The quantitative estimate of drug-likeness (QED) is 0.705. The van der Waals surface area contributed by atoms with Crippen molar-refractivity contribution in [3.8, 4) is 0 Å². The summed E-state index contributed by atoms with van der Waals surface area (Å²) < 4.78 is 9.97. The Morgan fingerprint density at radius 2 is 2.27 bits per heavy atom. The second kappa shape index (κ2) is 4.06. The standard InChI is InChI=1S/C9H13NO5/c11-8(12)7-5-15-9(13)10(7)6-2-1-3-14-4-6/h6-7H,1-5H2,(H,11,12). The van der Waals surface area contributed by atoms with Crippen molar-refractivity contribution in [1.29, 1.82) is 0 Å². The molecule has 0 aromatic carbocycles. The second-order valence-electron chi connectivity index (χ2n) is 3.71. The van der Waals surface area contributed by atoms with Gasteiger partial charge < -0.3 is 14.6 Å². The Hall–Kier alpha value is -1.30. The van der Waals surface area contributed by atoms with E-state index in [1.807, 2.05) is 0 Å². The molecule has 2 aliphatic heterocycles. The number of aliphatic carboxylic acids is 1. The predicted octanol–water partition coefficient (Wildman–Crippen LogP) is 0.0708. The van der Waals surface area contributed by atoms with E-state index >= 15 is 0 Å². The van der Waals surface area contributed by atoms with Crippen molar-refractivity contribution >= 4 is 12.1 Å². The average molecular weight is 215 g/mol. The van der Waals surface area contributed by atoms with Crippen LogP contribution in [0.1, 0.15) is 12.8 Å². The number of hydrogen-bond donors (Lipinski definition) is 1. The van der Waals surface area contributed by atoms with Crippen LogP contribution in [0.4, 0.5) is 4.79 Å². The largest absolute Gasteiger partial charge is 0.480 e. The summed E-state index contributed by atoms with van der Waals surface area (Å²) in [6.07, 6.45) is 1.08. The highest BCUT2D eigenvalue weighted by atomic mass is 16.6. The van der Waals surface area contributed by atoms with E-state index in [0.717, 1.165) is 12.8 Å². The van der Waals surface area contributed by atoms with Crippen molar-refractivity contribution in [2.24, 2.45) is 0 Å². The molecule has 0 aromatic rings. The highest BCUT2D eigenvalue weighted by Gasteiger charge is 2.42. The van der Waals surface area contributed by atoms with Crippen LogP contribution in [-0.4, -0.2) is 54.0 Å². The van der Waals surface area contributed by atoms with E-state index in [0.29, 0.717) is 13.2 Å². The zero-order chi connectivity index (χ0) is 10.8. The Morgan fingerprint density at radius 3 is 2.87 bits per heavy atom. The van der Waals surface area contributed by atoms with Crippen LogP contribution in [0.2, 0.25) is 0 Å². The van der Waals surface area contributed by atoms with Crippen molar-refractivity contribution in [3.05, 3.63) is 0 Å². The summed E-state index contributed by atoms with van der Waals surface area (Å²) in [7, 11) is 0. The molecule has 6 nitrogen and oxygen atoms in total. The number of carboxylic acid groups (broad SMARTS) is 1. The van der Waals surface area contributed by atoms with Gasteiger partial charge in [-0.1, -0.05) is 0 Å². The minimum Gasteiger partial charge on any atom is -0.480 e. The normalized spacial score (nSPS) is 31.5. The summed E-state index contributed by atoms with van der Waals surface area (Å²) in [6.45, 7) is 1.01. The predicted molar refractivity (Wildman–Crippen MR) is 48.5 cm³/mol. The SMILES string of the molecule is O=C(O)C1COC(=O)N1C1CCCOC1. The molecule has 0 aromatic heterocycles. The first-order chi connectivity index (χ1) is 7.20. The Balaban J connectivity index is 2.09. The molecule has 2 atom stereocenters. The van der Waals surface area contributed by atoms with E-state index in [4.69, 9.17) is 14.6 Å². The van der Waals surface area contributed by atoms with Crippen LogP contribution in [0.25, 0.3) is 0 Å². The maximum absolute atomic E-state index is 11.4. The molecule has 2 rings (SSSR count). The number of carbonyl (C=O) groups excluding carboxylic acids is 1. The molecule has 0 spiro atoms. The van der Waals surface area contributed by atoms with E-state index in [-0.39, 0.29) is 12.6 Å². The average Bonchev–Trinajstić information content (AvgIpc) is 2.61. The van der Waals surface area contributed by atoms with E-state index in [9.17, 15) is 9.59 Å². The van der Waals surface area contributed by atoms with Gasteiger partial charge in [-0.3, -0.25) is 4.90 Å². The minimum absolute atomic E-state index is 0.0648. The van der Waals surface area contributed by atoms with Crippen LogP contribution in [0.15, 0.2) is 0 Å². The Bertz CT molecular complexity index is 274. The monoisotopic (exact) mass is 215 g/mol. The molecular formula is C9H13NO5. The Labute approximate surface area is 86.8 Å². The van der Waals surface area contributed by atoms with Crippen molar-refractivity contribution in [3.63, 3.8) is 0 Å². The van der Waals surface area contributed by atoms with Crippen LogP contribution < -0.4 is 0 Å². The lowest BCUT2D eigenvalue weighted by atomic mass is 10.1. The zero-order valence-corrected chi connectivity index (χ0v) is 8.22. The molecule has 2 fully saturated rings. The van der Waals surface area contributed by atoms with Gasteiger partial charge in [0.1, 0.15) is 6.61 Å². The molecule has 2 heterocycles. The molecular weight excluding hydrogens is 202 g/mol. The third-order valence-electron chi connectivity index (χ3n) is 2.73. The molecule has 84 valence electrons. The first-order valence-corrected chi connectivity index (χ1v) is 4.96. The highest BCUT2D eigenvalue weighted by molar-refractivity contribution is 5.83. The van der Waals surface area contributed by atoms with Gasteiger partial charge >= 0.3 is 12.1 Å². The van der Waals surface area contributed by atoms with Crippen molar-refractivity contribution < 1.29 is 24.2 Å². The van der Waals surface area contributed by atoms with Gasteiger partial charge in [-0.15, -0.1) is 0 Å². The third kappa shape index (κ3) is 1.90. The number of carbonyl (C=O) groups is 2. The number of carboxylic acids is 1. The van der Waals surface area contributed by atoms with Gasteiger partial charge in [0.05, 0.1) is 12.6 Å². The summed E-state index contributed by atoms with van der Waals surface area (Å²) >= 11 is 0. The fourth-order valence-electron chi connectivity index (χ4n) is 1.97. The van der Waals surface area contributed by atoms with Crippen molar-refractivity contribution in [2.45, 2.75) is 24.9 Å². The van der Waals surface area contributed by atoms with Gasteiger partial charge in [0.2, 0.25) is 0 Å². The van der Waals surface area contributed by atoms with Gasteiger partial charge in [-0.2, -0.15) is 0 Å². The zero-order valence-electron chi connectivity index (χ0n) is 8.22. The second-order valence-corrected chi connectivity index (χ2v) is 3.71. The van der Waals surface area contributed by atoms with Crippen LogP contribution in [-0.2, 0) is 14.3 Å². The van der Waals surface area contributed by atoms with Gasteiger partial charge in [0.15, 0.2) is 6.04 Å². The van der Waals surface area contributed by atoms with E-state index < -0.39 is 18.1 Å². The number of hydrogen-bond acceptors (Lipinski definition) is 4. The summed E-state index contributed by atoms with van der Waals surface area (Å²) in [5, 5.41) is 8.92. The smallest absolute Gasteiger partial charge is 0.411 e. The number of amides is 1. The molecule has 0 radical (unpaired) electrons. The lowest BCUT2D eigenvalue weighted by Crippen LogP contribution is -2.49. The Kier molecular flexibility index (Phi) is 2.77. The van der Waals surface area contributed by atoms with Crippen molar-refractivity contribution in [2.75, 3.05) is 19.8 Å². The summed E-state index contributed by atoms with van der Waals surface area (Å²) in [6, 6.07) is -1.01. The number of cyclic esters (lactones) is 1. The van der Waals surface area contributed by atoms with E-state index in [2.05, 4.69) is 0 Å². The van der Waals surface area contributed by atoms with Gasteiger partial charge in [0, 0.05) is 6.61 Å². The van der Waals surface area contributed by atoms with Gasteiger partial charge in [0.25, 0.3) is 0 Å². The minimum atomic E-state index is -1.02. The molecule has 1 amide bonds. The van der Waals surface area contributed by atoms with Crippen LogP contribution >= 0.6 is 0 Å². The molecule has 1 N–H and O–H groups in total. The van der Waals surface area contributed by atoms with Gasteiger partial charge in [-0.05, 0) is 12.8 Å². The lowest BCUT2D eigenvalue weighted by molar-refractivity contribution is -0.142. The number of nitrogens with zero attached hydrogens (tertiary/aromatic N) is 1. The molecule has 2 unspecified atom stereocenters. The van der Waals surface area contributed by atoms with E-state index in [1.165, 1.54) is 4.90 Å². The highest BCUT2D eigenvalue weighted by Crippen LogP contribution is 2.22. The lowest BCUT2D eigenvalue weighted by Gasteiger charge is -2.31. The van der Waals surface area contributed by atoms with Crippen LogP contribution in [0, 0.1) is 0 Å². The Morgan fingerprint density at radius 1 is 1.47 bits per heavy atom. The molecule has 2 aliphatic rings. The topological polar surface area (TPSA) is 76.1 Å².